The number of carbonyl (C=O) groups excluding carboxylic acids is 1. The monoisotopic (exact) mass is 344 g/mol. The Morgan fingerprint density at radius 3 is 3.04 bits per heavy atom. The van der Waals surface area contributed by atoms with E-state index in [-0.39, 0.29) is 11.9 Å². The van der Waals surface area contributed by atoms with Crippen LogP contribution in [0.5, 0.6) is 5.75 Å². The first-order chi connectivity index (χ1) is 12.2. The maximum atomic E-state index is 12.5. The van der Waals surface area contributed by atoms with Gasteiger partial charge in [-0.15, -0.1) is 0 Å². The van der Waals surface area contributed by atoms with Crippen molar-refractivity contribution in [1.82, 2.24) is 20.4 Å². The molecule has 1 aromatic heterocycles. The zero-order valence-corrected chi connectivity index (χ0v) is 14.7. The van der Waals surface area contributed by atoms with E-state index in [0.29, 0.717) is 31.4 Å². The van der Waals surface area contributed by atoms with Crippen molar-refractivity contribution in [2.45, 2.75) is 39.2 Å². The molecule has 0 radical (unpaired) electrons. The van der Waals surface area contributed by atoms with Gasteiger partial charge in [0, 0.05) is 25.2 Å². The summed E-state index contributed by atoms with van der Waals surface area (Å²) in [5.41, 5.74) is 0.971. The number of carbonyl (C=O) groups is 1. The van der Waals surface area contributed by atoms with Crippen molar-refractivity contribution in [2.24, 2.45) is 0 Å². The molecule has 0 saturated carbocycles. The highest BCUT2D eigenvalue weighted by molar-refractivity contribution is 5.74. The summed E-state index contributed by atoms with van der Waals surface area (Å²) in [5.74, 6) is 2.17. The van der Waals surface area contributed by atoms with Crippen LogP contribution in [-0.2, 0) is 6.54 Å². The van der Waals surface area contributed by atoms with Crippen molar-refractivity contribution in [3.63, 3.8) is 0 Å². The molecule has 1 aliphatic heterocycles. The molecule has 1 fully saturated rings. The molecular formula is C18H24N4O3. The third kappa shape index (κ3) is 4.29. The van der Waals surface area contributed by atoms with Crippen molar-refractivity contribution >= 4 is 6.03 Å². The van der Waals surface area contributed by atoms with Gasteiger partial charge < -0.3 is 19.5 Å². The average Bonchev–Trinajstić information content (AvgIpc) is 3.07. The SMILES string of the molecule is CCOc1ccccc1CNC(=O)N1CCC[C@@H](c2nc(C)no2)C1. The summed E-state index contributed by atoms with van der Waals surface area (Å²) in [7, 11) is 0. The summed E-state index contributed by atoms with van der Waals surface area (Å²) < 4.78 is 10.9. The maximum Gasteiger partial charge on any atom is 0.317 e. The Labute approximate surface area is 147 Å². The number of likely N-dealkylation sites (tertiary alicyclic amines) is 1. The molecule has 0 bridgehead atoms. The Bertz CT molecular complexity index is 716. The molecule has 2 aromatic rings. The molecular weight excluding hydrogens is 320 g/mol. The van der Waals surface area contributed by atoms with Crippen molar-refractivity contribution in [2.75, 3.05) is 19.7 Å². The number of hydrogen-bond acceptors (Lipinski definition) is 5. The molecule has 0 spiro atoms. The van der Waals surface area contributed by atoms with Crippen LogP contribution in [0.15, 0.2) is 28.8 Å². The zero-order chi connectivity index (χ0) is 17.6. The Balaban J connectivity index is 1.58. The van der Waals surface area contributed by atoms with Crippen LogP contribution in [0.2, 0.25) is 0 Å². The number of para-hydroxylation sites is 1. The van der Waals surface area contributed by atoms with E-state index in [2.05, 4.69) is 15.5 Å². The van der Waals surface area contributed by atoms with Gasteiger partial charge in [-0.2, -0.15) is 4.98 Å². The maximum absolute atomic E-state index is 12.5. The lowest BCUT2D eigenvalue weighted by Gasteiger charge is -2.31. The summed E-state index contributed by atoms with van der Waals surface area (Å²) in [6.07, 6.45) is 1.88. The number of urea groups is 1. The van der Waals surface area contributed by atoms with Gasteiger partial charge in [-0.3, -0.25) is 0 Å². The third-order valence-electron chi connectivity index (χ3n) is 4.30. The highest BCUT2D eigenvalue weighted by atomic mass is 16.5. The number of piperidine rings is 1. The Morgan fingerprint density at radius 2 is 2.28 bits per heavy atom. The molecule has 0 aliphatic carbocycles. The topological polar surface area (TPSA) is 80.5 Å². The number of aromatic nitrogens is 2. The fourth-order valence-corrected chi connectivity index (χ4v) is 3.07. The Hall–Kier alpha value is -2.57. The highest BCUT2D eigenvalue weighted by Gasteiger charge is 2.28. The largest absolute Gasteiger partial charge is 0.494 e. The van der Waals surface area contributed by atoms with Crippen LogP contribution in [-0.4, -0.2) is 40.8 Å². The van der Waals surface area contributed by atoms with E-state index in [0.717, 1.165) is 30.7 Å². The van der Waals surface area contributed by atoms with E-state index in [1.807, 2.05) is 36.1 Å². The Morgan fingerprint density at radius 1 is 1.44 bits per heavy atom. The van der Waals surface area contributed by atoms with Crippen LogP contribution in [0.1, 0.15) is 43.0 Å². The summed E-state index contributed by atoms with van der Waals surface area (Å²) in [6, 6.07) is 7.68. The van der Waals surface area contributed by atoms with Crippen LogP contribution in [0.25, 0.3) is 0 Å². The lowest BCUT2D eigenvalue weighted by molar-refractivity contribution is 0.171. The van der Waals surface area contributed by atoms with Gasteiger partial charge in [0.25, 0.3) is 0 Å². The first kappa shape index (κ1) is 17.3. The summed E-state index contributed by atoms with van der Waals surface area (Å²) in [5, 5.41) is 6.83. The fourth-order valence-electron chi connectivity index (χ4n) is 3.07. The predicted molar refractivity (Wildman–Crippen MR) is 92.4 cm³/mol. The van der Waals surface area contributed by atoms with Crippen LogP contribution >= 0.6 is 0 Å². The predicted octanol–water partition coefficient (Wildman–Crippen LogP) is 2.87. The number of amides is 2. The van der Waals surface area contributed by atoms with E-state index in [4.69, 9.17) is 9.26 Å². The number of rotatable bonds is 5. The molecule has 7 nitrogen and oxygen atoms in total. The fraction of sp³-hybridized carbons (Fsp3) is 0.500. The van der Waals surface area contributed by atoms with E-state index in [1.54, 1.807) is 6.92 Å². The van der Waals surface area contributed by atoms with Crippen LogP contribution in [0, 0.1) is 6.92 Å². The molecule has 1 saturated heterocycles. The molecule has 0 unspecified atom stereocenters. The second-order valence-corrected chi connectivity index (χ2v) is 6.16. The van der Waals surface area contributed by atoms with Gasteiger partial charge in [0.05, 0.1) is 12.5 Å². The minimum absolute atomic E-state index is 0.0766. The standard InChI is InChI=1S/C18H24N4O3/c1-3-24-16-9-5-4-7-14(16)11-19-18(23)22-10-6-8-15(12-22)17-20-13(2)21-25-17/h4-5,7,9,15H,3,6,8,10-12H2,1-2H3,(H,19,23)/t15-/m1/s1. The lowest BCUT2D eigenvalue weighted by Crippen LogP contribution is -2.44. The number of benzene rings is 1. The molecule has 3 rings (SSSR count). The number of ether oxygens (including phenoxy) is 1. The summed E-state index contributed by atoms with van der Waals surface area (Å²) >= 11 is 0. The van der Waals surface area contributed by atoms with Crippen molar-refractivity contribution in [3.05, 3.63) is 41.5 Å². The third-order valence-corrected chi connectivity index (χ3v) is 4.30. The van der Waals surface area contributed by atoms with Gasteiger partial charge in [0.2, 0.25) is 5.89 Å². The van der Waals surface area contributed by atoms with Gasteiger partial charge in [-0.05, 0) is 32.8 Å². The quantitative estimate of drug-likeness (QED) is 0.902. The molecule has 25 heavy (non-hydrogen) atoms. The highest BCUT2D eigenvalue weighted by Crippen LogP contribution is 2.25. The molecule has 1 atom stereocenters. The second kappa shape index (κ2) is 8.00. The summed E-state index contributed by atoms with van der Waals surface area (Å²) in [4.78, 5) is 18.6. The van der Waals surface area contributed by atoms with Crippen LogP contribution in [0.3, 0.4) is 0 Å². The number of nitrogens with zero attached hydrogens (tertiary/aromatic N) is 3. The lowest BCUT2D eigenvalue weighted by atomic mass is 9.98. The Kier molecular flexibility index (Phi) is 5.53. The zero-order valence-electron chi connectivity index (χ0n) is 14.7. The molecule has 1 aliphatic rings. The smallest absolute Gasteiger partial charge is 0.317 e. The molecule has 7 heteroatoms. The number of hydrogen-bond donors (Lipinski definition) is 1. The van der Waals surface area contributed by atoms with E-state index in [1.165, 1.54) is 0 Å². The second-order valence-electron chi connectivity index (χ2n) is 6.16. The number of nitrogens with one attached hydrogen (secondary N) is 1. The molecule has 2 amide bonds. The van der Waals surface area contributed by atoms with Crippen molar-refractivity contribution < 1.29 is 14.1 Å². The van der Waals surface area contributed by atoms with Gasteiger partial charge >= 0.3 is 6.03 Å². The van der Waals surface area contributed by atoms with Gasteiger partial charge in [0.1, 0.15) is 5.75 Å². The molecule has 134 valence electrons. The first-order valence-corrected chi connectivity index (χ1v) is 8.71. The van der Waals surface area contributed by atoms with E-state index < -0.39 is 0 Å². The van der Waals surface area contributed by atoms with Gasteiger partial charge in [-0.1, -0.05) is 23.4 Å². The van der Waals surface area contributed by atoms with E-state index >= 15 is 0 Å². The molecule has 2 heterocycles. The van der Waals surface area contributed by atoms with E-state index in [9.17, 15) is 4.79 Å². The van der Waals surface area contributed by atoms with Gasteiger partial charge in [-0.25, -0.2) is 4.79 Å². The van der Waals surface area contributed by atoms with Crippen LogP contribution < -0.4 is 10.1 Å². The minimum Gasteiger partial charge on any atom is -0.494 e. The van der Waals surface area contributed by atoms with Crippen LogP contribution in [0.4, 0.5) is 4.79 Å². The molecule has 1 N–H and O–H groups in total. The number of aryl methyl sites for hydroxylation is 1. The normalized spacial score (nSPS) is 17.4. The van der Waals surface area contributed by atoms with Crippen molar-refractivity contribution in [3.8, 4) is 5.75 Å². The molecule has 1 aromatic carbocycles. The van der Waals surface area contributed by atoms with Gasteiger partial charge in [0.15, 0.2) is 5.82 Å². The summed E-state index contributed by atoms with van der Waals surface area (Å²) in [6.45, 7) is 6.12. The minimum atomic E-state index is -0.0766. The average molecular weight is 344 g/mol. The van der Waals surface area contributed by atoms with Crippen molar-refractivity contribution in [1.29, 1.82) is 0 Å². The first-order valence-electron chi connectivity index (χ1n) is 8.71.